The molecule has 0 radical (unpaired) electrons. The average Bonchev–Trinajstić information content (AvgIpc) is 2.94. The molecule has 0 bridgehead atoms. The third-order valence-electron chi connectivity index (χ3n) is 5.80. The van der Waals surface area contributed by atoms with Gasteiger partial charge in [-0.15, -0.1) is 0 Å². The van der Waals surface area contributed by atoms with Crippen LogP contribution in [0.15, 0.2) is 102 Å². The van der Waals surface area contributed by atoms with Crippen LogP contribution in [0.25, 0.3) is 5.57 Å². The molecule has 0 aliphatic rings. The van der Waals surface area contributed by atoms with Crippen LogP contribution < -0.4 is 0 Å². The first-order chi connectivity index (χ1) is 18.8. The summed E-state index contributed by atoms with van der Waals surface area (Å²) in [6, 6.07) is 20.4. The predicted octanol–water partition coefficient (Wildman–Crippen LogP) is 7.24. The lowest BCUT2D eigenvalue weighted by atomic mass is 9.95. The minimum Gasteiger partial charge on any atom is -0.465 e. The molecule has 0 atom stereocenters. The van der Waals surface area contributed by atoms with Crippen molar-refractivity contribution in [3.63, 3.8) is 0 Å². The molecule has 8 heteroatoms. The molecule has 0 aromatic heterocycles. The quantitative estimate of drug-likeness (QED) is 0.104. The average molecular weight is 532 g/mol. The van der Waals surface area contributed by atoms with Gasteiger partial charge in [0.25, 0.3) is 0 Å². The van der Waals surface area contributed by atoms with Gasteiger partial charge >= 0.3 is 5.97 Å². The highest BCUT2D eigenvalue weighted by Crippen LogP contribution is 2.30. The summed E-state index contributed by atoms with van der Waals surface area (Å²) in [5.74, 6) is -4.82. The maximum absolute atomic E-state index is 14.8. The molecule has 0 saturated heterocycles. The molecule has 0 saturated carbocycles. The fraction of sp³-hybridized carbons (Fsp3) is 0.0645. The van der Waals surface area contributed by atoms with Crippen molar-refractivity contribution >= 4 is 28.7 Å². The number of esters is 1. The number of ketones is 1. The Morgan fingerprint density at radius 2 is 1.31 bits per heavy atom. The van der Waals surface area contributed by atoms with Crippen molar-refractivity contribution in [2.24, 2.45) is 4.99 Å². The Bertz CT molecular complexity index is 1540. The summed E-state index contributed by atoms with van der Waals surface area (Å²) in [5.41, 5.74) is 0.242. The summed E-state index contributed by atoms with van der Waals surface area (Å²) in [7, 11) is 1.14. The van der Waals surface area contributed by atoms with Gasteiger partial charge in [-0.1, -0.05) is 48.5 Å². The topological polar surface area (TPSA) is 55.7 Å². The molecule has 0 fully saturated rings. The van der Waals surface area contributed by atoms with E-state index in [2.05, 4.69) is 4.99 Å². The second-order valence-corrected chi connectivity index (χ2v) is 8.33. The number of carbonyl (C=O) groups excluding carboxylic acids is 2. The van der Waals surface area contributed by atoms with Crippen LogP contribution in [0.4, 0.5) is 23.2 Å². The smallest absolute Gasteiger partial charge is 0.352 e. The van der Waals surface area contributed by atoms with Gasteiger partial charge in [-0.3, -0.25) is 4.79 Å². The van der Waals surface area contributed by atoms with Gasteiger partial charge in [0.05, 0.1) is 12.8 Å². The van der Waals surface area contributed by atoms with Crippen LogP contribution in [0.2, 0.25) is 0 Å². The van der Waals surface area contributed by atoms with Gasteiger partial charge < -0.3 is 4.74 Å². The van der Waals surface area contributed by atoms with E-state index in [1.165, 1.54) is 6.08 Å². The Hall–Kier alpha value is -4.85. The highest BCUT2D eigenvalue weighted by Gasteiger charge is 2.19. The van der Waals surface area contributed by atoms with E-state index in [0.29, 0.717) is 17.7 Å². The van der Waals surface area contributed by atoms with Crippen molar-refractivity contribution in [2.45, 2.75) is 6.42 Å². The largest absolute Gasteiger partial charge is 0.465 e. The molecular formula is C31H21F4NO3. The highest BCUT2D eigenvalue weighted by atomic mass is 19.1. The summed E-state index contributed by atoms with van der Waals surface area (Å²) in [4.78, 5) is 30.2. The van der Waals surface area contributed by atoms with E-state index in [1.807, 2.05) is 0 Å². The van der Waals surface area contributed by atoms with Gasteiger partial charge in [0.2, 0.25) is 0 Å². The molecular weight excluding hydrogens is 510 g/mol. The molecule has 196 valence electrons. The maximum Gasteiger partial charge on any atom is 0.352 e. The van der Waals surface area contributed by atoms with Gasteiger partial charge in [0.15, 0.2) is 5.78 Å². The van der Waals surface area contributed by atoms with Crippen LogP contribution in [0.5, 0.6) is 0 Å². The first-order valence-corrected chi connectivity index (χ1v) is 11.7. The fourth-order valence-electron chi connectivity index (χ4n) is 3.93. The highest BCUT2D eigenvalue weighted by molar-refractivity contribution is 6.37. The van der Waals surface area contributed by atoms with Gasteiger partial charge in [-0.2, -0.15) is 0 Å². The number of carbonyl (C=O) groups is 2. The molecule has 4 rings (SSSR count). The van der Waals surface area contributed by atoms with E-state index < -0.39 is 29.2 Å². The minimum atomic E-state index is -0.986. The second kappa shape index (κ2) is 12.1. The summed E-state index contributed by atoms with van der Waals surface area (Å²) < 4.78 is 61.6. The Labute approximate surface area is 221 Å². The van der Waals surface area contributed by atoms with Crippen molar-refractivity contribution < 1.29 is 31.9 Å². The van der Waals surface area contributed by atoms with Crippen molar-refractivity contribution in [3.8, 4) is 0 Å². The number of ether oxygens (including phenoxy) is 1. The minimum absolute atomic E-state index is 0.0600. The lowest BCUT2D eigenvalue weighted by Gasteiger charge is -2.12. The van der Waals surface area contributed by atoms with Crippen molar-refractivity contribution in [1.29, 1.82) is 0 Å². The monoisotopic (exact) mass is 531 g/mol. The number of allylic oxidation sites excluding steroid dienone is 1. The number of hydrogen-bond donors (Lipinski definition) is 0. The SMILES string of the molecule is COC(=O)C(CC=C(c1ccc(F)cc1F)c1ccc(F)cc1F)=Nc1ccccc1C(=O)c1ccccc1. The number of aliphatic imine (C=N–C) groups is 1. The zero-order valence-electron chi connectivity index (χ0n) is 20.6. The van der Waals surface area contributed by atoms with E-state index in [-0.39, 0.29) is 45.9 Å². The zero-order chi connectivity index (χ0) is 27.9. The normalized spacial score (nSPS) is 11.2. The molecule has 0 N–H and O–H groups in total. The van der Waals surface area contributed by atoms with Gasteiger partial charge in [-0.25, -0.2) is 27.3 Å². The number of hydrogen-bond acceptors (Lipinski definition) is 4. The van der Waals surface area contributed by atoms with Crippen LogP contribution in [-0.4, -0.2) is 24.6 Å². The molecule has 0 heterocycles. The van der Waals surface area contributed by atoms with Crippen LogP contribution in [0.3, 0.4) is 0 Å². The molecule has 0 unspecified atom stereocenters. The molecule has 4 aromatic carbocycles. The van der Waals surface area contributed by atoms with E-state index in [4.69, 9.17) is 4.74 Å². The molecule has 39 heavy (non-hydrogen) atoms. The lowest BCUT2D eigenvalue weighted by Crippen LogP contribution is -2.15. The molecule has 4 nitrogen and oxygen atoms in total. The van der Waals surface area contributed by atoms with Crippen LogP contribution >= 0.6 is 0 Å². The van der Waals surface area contributed by atoms with Gasteiger partial charge in [0, 0.05) is 40.8 Å². The molecule has 0 aliphatic heterocycles. The van der Waals surface area contributed by atoms with Crippen molar-refractivity contribution in [2.75, 3.05) is 7.11 Å². The number of halogens is 4. The van der Waals surface area contributed by atoms with Crippen LogP contribution in [0, 0.1) is 23.3 Å². The molecule has 0 spiro atoms. The first-order valence-electron chi connectivity index (χ1n) is 11.7. The second-order valence-electron chi connectivity index (χ2n) is 8.33. The fourth-order valence-corrected chi connectivity index (χ4v) is 3.93. The van der Waals surface area contributed by atoms with Crippen molar-refractivity contribution in [3.05, 3.63) is 143 Å². The zero-order valence-corrected chi connectivity index (χ0v) is 20.6. The molecule has 4 aromatic rings. The standard InChI is InChI=1S/C31H21F4NO3/c1-39-31(38)29(36-28-10-6-5-9-25(28)30(37)19-7-3-2-4-8-19)16-15-22(23-13-11-20(32)17-26(23)34)24-14-12-21(33)18-27(24)35/h2-15,17-18H,16H2,1H3. The number of benzene rings is 4. The first kappa shape index (κ1) is 27.2. The Morgan fingerprint density at radius 1 is 0.744 bits per heavy atom. The van der Waals surface area contributed by atoms with Crippen LogP contribution in [-0.2, 0) is 9.53 Å². The summed E-state index contributed by atoms with van der Waals surface area (Å²) in [5, 5.41) is 0. The van der Waals surface area contributed by atoms with Gasteiger partial charge in [0.1, 0.15) is 29.0 Å². The van der Waals surface area contributed by atoms with E-state index in [1.54, 1.807) is 54.6 Å². The van der Waals surface area contributed by atoms with E-state index in [0.717, 1.165) is 31.4 Å². The molecule has 0 amide bonds. The summed E-state index contributed by atoms with van der Waals surface area (Å²) >= 11 is 0. The summed E-state index contributed by atoms with van der Waals surface area (Å²) in [6.07, 6.45) is 1.02. The Kier molecular flexibility index (Phi) is 8.46. The Balaban J connectivity index is 1.81. The molecule has 0 aliphatic carbocycles. The number of nitrogens with zero attached hydrogens (tertiary/aromatic N) is 1. The van der Waals surface area contributed by atoms with Crippen molar-refractivity contribution in [1.82, 2.24) is 0 Å². The lowest BCUT2D eigenvalue weighted by molar-refractivity contribution is -0.132. The number of para-hydroxylation sites is 1. The van der Waals surface area contributed by atoms with Gasteiger partial charge in [-0.05, 0) is 42.0 Å². The number of methoxy groups -OCH3 is 1. The van der Waals surface area contributed by atoms with E-state index >= 15 is 0 Å². The van der Waals surface area contributed by atoms with E-state index in [9.17, 15) is 27.2 Å². The third kappa shape index (κ3) is 6.35. The maximum atomic E-state index is 14.8. The number of rotatable bonds is 8. The predicted molar refractivity (Wildman–Crippen MR) is 140 cm³/mol. The third-order valence-corrected chi connectivity index (χ3v) is 5.80. The van der Waals surface area contributed by atoms with Crippen LogP contribution in [0.1, 0.15) is 33.5 Å². The Morgan fingerprint density at radius 3 is 1.87 bits per heavy atom. The summed E-state index contributed by atoms with van der Waals surface area (Å²) in [6.45, 7) is 0.